The lowest BCUT2D eigenvalue weighted by Crippen LogP contribution is -2.54. The Kier molecular flexibility index (Phi) is 11.0. The summed E-state index contributed by atoms with van der Waals surface area (Å²) in [4.78, 5) is 47.6. The number of hydrogen-bond acceptors (Lipinski definition) is 7. The number of benzene rings is 1. The Morgan fingerprint density at radius 2 is 1.55 bits per heavy atom. The summed E-state index contributed by atoms with van der Waals surface area (Å²) in [5.74, 6) is -3.11. The predicted molar refractivity (Wildman–Crippen MR) is 113 cm³/mol. The van der Waals surface area contributed by atoms with Gasteiger partial charge in [-0.05, 0) is 49.9 Å². The molecule has 0 spiro atoms. The SMILES string of the molecule is NCCCCC(NC(=O)C(N)CCC(N)=O)C(=O)NC(Cc1ccc(O)cc1)C(=O)O. The predicted octanol–water partition coefficient (Wildman–Crippen LogP) is -1.29. The van der Waals surface area contributed by atoms with Crippen molar-refractivity contribution in [2.24, 2.45) is 17.2 Å². The summed E-state index contributed by atoms with van der Waals surface area (Å²) in [6, 6.07) is 2.64. The molecule has 0 aliphatic carbocycles. The monoisotopic (exact) mass is 437 g/mol. The zero-order valence-corrected chi connectivity index (χ0v) is 17.3. The molecule has 0 aliphatic heterocycles. The first-order chi connectivity index (χ1) is 14.6. The highest BCUT2D eigenvalue weighted by atomic mass is 16.4. The van der Waals surface area contributed by atoms with Crippen molar-refractivity contribution < 1.29 is 29.4 Å². The van der Waals surface area contributed by atoms with Crippen molar-refractivity contribution in [3.63, 3.8) is 0 Å². The standard InChI is InChI=1S/C20H31N5O6/c21-10-2-1-3-15(24-18(28)14(22)8-9-17(23)27)19(29)25-16(20(30)31)11-12-4-6-13(26)7-5-12/h4-7,14-16,26H,1-3,8-11,21-22H2,(H2,23,27)(H,24,28)(H,25,29)(H,30,31). The van der Waals surface area contributed by atoms with Crippen LogP contribution in [0.5, 0.6) is 5.75 Å². The Morgan fingerprint density at radius 1 is 0.935 bits per heavy atom. The van der Waals surface area contributed by atoms with E-state index in [0.717, 1.165) is 0 Å². The Labute approximate surface area is 180 Å². The zero-order chi connectivity index (χ0) is 23.4. The number of carbonyl (C=O) groups excluding carboxylic acids is 3. The second-order valence-electron chi connectivity index (χ2n) is 7.23. The van der Waals surface area contributed by atoms with Gasteiger partial charge < -0.3 is 38.0 Å². The molecule has 1 aromatic carbocycles. The van der Waals surface area contributed by atoms with Crippen LogP contribution >= 0.6 is 0 Å². The van der Waals surface area contributed by atoms with Crippen molar-refractivity contribution in [3.05, 3.63) is 29.8 Å². The maximum Gasteiger partial charge on any atom is 0.326 e. The van der Waals surface area contributed by atoms with E-state index < -0.39 is 41.8 Å². The number of aromatic hydroxyl groups is 1. The Hall–Kier alpha value is -3.18. The van der Waals surface area contributed by atoms with Crippen LogP contribution in [0.4, 0.5) is 0 Å². The minimum absolute atomic E-state index is 0.0110. The second-order valence-corrected chi connectivity index (χ2v) is 7.23. The third kappa shape index (κ3) is 9.92. The highest BCUT2D eigenvalue weighted by Crippen LogP contribution is 2.12. The van der Waals surface area contributed by atoms with Gasteiger partial charge in [-0.2, -0.15) is 0 Å². The smallest absolute Gasteiger partial charge is 0.326 e. The molecule has 0 saturated heterocycles. The number of nitrogens with one attached hydrogen (secondary N) is 2. The van der Waals surface area contributed by atoms with Gasteiger partial charge in [0.05, 0.1) is 6.04 Å². The molecule has 3 amide bonds. The number of amides is 3. The molecule has 0 saturated carbocycles. The molecule has 172 valence electrons. The van der Waals surface area contributed by atoms with Crippen LogP contribution in [-0.4, -0.2) is 58.6 Å². The van der Waals surface area contributed by atoms with Gasteiger partial charge in [0.1, 0.15) is 17.8 Å². The topological polar surface area (TPSA) is 211 Å². The fourth-order valence-corrected chi connectivity index (χ4v) is 2.81. The number of nitrogens with two attached hydrogens (primary N) is 3. The molecule has 1 rings (SSSR count). The molecule has 11 heteroatoms. The third-order valence-corrected chi connectivity index (χ3v) is 4.61. The number of primary amides is 1. The lowest BCUT2D eigenvalue weighted by molar-refractivity contribution is -0.142. The van der Waals surface area contributed by atoms with Gasteiger partial charge in [-0.15, -0.1) is 0 Å². The van der Waals surface area contributed by atoms with E-state index >= 15 is 0 Å². The number of carbonyl (C=O) groups is 4. The van der Waals surface area contributed by atoms with Crippen LogP contribution in [0.15, 0.2) is 24.3 Å². The average Bonchev–Trinajstić information content (AvgIpc) is 2.72. The van der Waals surface area contributed by atoms with Gasteiger partial charge in [-0.1, -0.05) is 12.1 Å². The number of phenols is 1. The average molecular weight is 437 g/mol. The number of rotatable bonds is 14. The molecule has 0 heterocycles. The number of unbranched alkanes of at least 4 members (excludes halogenated alkanes) is 1. The number of hydrogen-bond donors (Lipinski definition) is 7. The van der Waals surface area contributed by atoms with Crippen molar-refractivity contribution in [2.75, 3.05) is 6.54 Å². The number of carboxylic acid groups (broad SMARTS) is 1. The Morgan fingerprint density at radius 3 is 2.10 bits per heavy atom. The van der Waals surface area contributed by atoms with E-state index in [9.17, 15) is 29.4 Å². The van der Waals surface area contributed by atoms with Crippen molar-refractivity contribution >= 4 is 23.7 Å². The molecule has 10 N–H and O–H groups in total. The first-order valence-electron chi connectivity index (χ1n) is 9.99. The van der Waals surface area contributed by atoms with Crippen LogP contribution in [0, 0.1) is 0 Å². The van der Waals surface area contributed by atoms with E-state index in [-0.39, 0.29) is 31.4 Å². The first kappa shape index (κ1) is 25.9. The summed E-state index contributed by atoms with van der Waals surface area (Å²) >= 11 is 0. The van der Waals surface area contributed by atoms with E-state index in [1.165, 1.54) is 12.1 Å². The van der Waals surface area contributed by atoms with Crippen LogP contribution in [0.1, 0.15) is 37.7 Å². The van der Waals surface area contributed by atoms with Gasteiger partial charge in [-0.25, -0.2) is 4.79 Å². The van der Waals surface area contributed by atoms with Crippen LogP contribution in [-0.2, 0) is 25.6 Å². The summed E-state index contributed by atoms with van der Waals surface area (Å²) in [5, 5.41) is 23.8. The molecule has 0 radical (unpaired) electrons. The van der Waals surface area contributed by atoms with Gasteiger partial charge in [0.25, 0.3) is 0 Å². The molecular weight excluding hydrogens is 406 g/mol. The Bertz CT molecular complexity index is 755. The summed E-state index contributed by atoms with van der Waals surface area (Å²) in [7, 11) is 0. The van der Waals surface area contributed by atoms with E-state index in [2.05, 4.69) is 10.6 Å². The van der Waals surface area contributed by atoms with Crippen molar-refractivity contribution in [1.29, 1.82) is 0 Å². The lowest BCUT2D eigenvalue weighted by atomic mass is 10.0. The quantitative estimate of drug-likeness (QED) is 0.174. The van der Waals surface area contributed by atoms with E-state index in [4.69, 9.17) is 17.2 Å². The van der Waals surface area contributed by atoms with Crippen molar-refractivity contribution in [2.45, 2.75) is 56.7 Å². The molecule has 3 unspecified atom stereocenters. The van der Waals surface area contributed by atoms with Crippen LogP contribution in [0.25, 0.3) is 0 Å². The molecule has 3 atom stereocenters. The van der Waals surface area contributed by atoms with Crippen LogP contribution in [0.3, 0.4) is 0 Å². The third-order valence-electron chi connectivity index (χ3n) is 4.61. The van der Waals surface area contributed by atoms with Gasteiger partial charge in [0.2, 0.25) is 17.7 Å². The molecule has 0 aromatic heterocycles. The molecule has 11 nitrogen and oxygen atoms in total. The molecule has 31 heavy (non-hydrogen) atoms. The maximum atomic E-state index is 12.7. The van der Waals surface area contributed by atoms with Crippen LogP contribution < -0.4 is 27.8 Å². The zero-order valence-electron chi connectivity index (χ0n) is 17.3. The summed E-state index contributed by atoms with van der Waals surface area (Å²) in [6.45, 7) is 0.402. The highest BCUT2D eigenvalue weighted by Gasteiger charge is 2.28. The van der Waals surface area contributed by atoms with Gasteiger partial charge in [0.15, 0.2) is 0 Å². The fourth-order valence-electron chi connectivity index (χ4n) is 2.81. The van der Waals surface area contributed by atoms with Crippen molar-refractivity contribution in [1.82, 2.24) is 10.6 Å². The number of aliphatic carboxylic acids is 1. The highest BCUT2D eigenvalue weighted by molar-refractivity contribution is 5.92. The summed E-state index contributed by atoms with van der Waals surface area (Å²) in [5.41, 5.74) is 16.9. The normalized spacial score (nSPS) is 13.6. The van der Waals surface area contributed by atoms with Gasteiger partial charge >= 0.3 is 5.97 Å². The van der Waals surface area contributed by atoms with E-state index in [1.807, 2.05) is 0 Å². The van der Waals surface area contributed by atoms with E-state index in [0.29, 0.717) is 24.9 Å². The maximum absolute atomic E-state index is 12.7. The van der Waals surface area contributed by atoms with E-state index in [1.54, 1.807) is 12.1 Å². The Balaban J connectivity index is 2.83. The number of phenolic OH excluding ortho intramolecular Hbond substituents is 1. The molecule has 0 fully saturated rings. The first-order valence-corrected chi connectivity index (χ1v) is 9.99. The second kappa shape index (κ2) is 13.2. The molecule has 1 aromatic rings. The largest absolute Gasteiger partial charge is 0.508 e. The summed E-state index contributed by atoms with van der Waals surface area (Å²) < 4.78 is 0. The van der Waals surface area contributed by atoms with Crippen molar-refractivity contribution in [3.8, 4) is 5.75 Å². The van der Waals surface area contributed by atoms with Gasteiger partial charge in [0, 0.05) is 12.8 Å². The number of carboxylic acids is 1. The molecule has 0 aliphatic rings. The summed E-state index contributed by atoms with van der Waals surface area (Å²) in [6.07, 6.45) is 1.32. The fraction of sp³-hybridized carbons (Fsp3) is 0.500. The van der Waals surface area contributed by atoms with Gasteiger partial charge in [-0.3, -0.25) is 14.4 Å². The minimum Gasteiger partial charge on any atom is -0.508 e. The lowest BCUT2D eigenvalue weighted by Gasteiger charge is -2.23. The van der Waals surface area contributed by atoms with Crippen LogP contribution in [0.2, 0.25) is 0 Å². The molecule has 0 bridgehead atoms. The minimum atomic E-state index is -1.24. The molecular formula is C20H31N5O6.